The molecule has 0 radical (unpaired) electrons. The molecule has 106 valence electrons. The van der Waals surface area contributed by atoms with Gasteiger partial charge in [-0.3, -0.25) is 0 Å². The van der Waals surface area contributed by atoms with Gasteiger partial charge >= 0.3 is 0 Å². The summed E-state index contributed by atoms with van der Waals surface area (Å²) in [6, 6.07) is 10.9. The van der Waals surface area contributed by atoms with Crippen LogP contribution >= 0.6 is 23.5 Å². The average molecular weight is 304 g/mol. The van der Waals surface area contributed by atoms with Crippen molar-refractivity contribution in [3.05, 3.63) is 54.6 Å². The number of nitrogens with zero attached hydrogens (tertiary/aromatic N) is 2. The number of thioether (sulfide) groups is 2. The fraction of sp³-hybridized carbons (Fsp3) is 0.438. The predicted octanol–water partition coefficient (Wildman–Crippen LogP) is 4.08. The molecular weight excluding hydrogens is 284 g/mol. The van der Waals surface area contributed by atoms with Crippen molar-refractivity contribution in [2.45, 2.75) is 29.9 Å². The van der Waals surface area contributed by atoms with Gasteiger partial charge in [0.25, 0.3) is 0 Å². The Bertz CT molecular complexity index is 505. The molecule has 2 aromatic rings. The molecule has 20 heavy (non-hydrogen) atoms. The highest BCUT2D eigenvalue weighted by Gasteiger charge is 2.34. The molecule has 1 aliphatic rings. The number of aromatic nitrogens is 2. The molecule has 1 aromatic heterocycles. The van der Waals surface area contributed by atoms with Crippen LogP contribution in [0.4, 0.5) is 0 Å². The first kappa shape index (κ1) is 14.1. The van der Waals surface area contributed by atoms with Crippen molar-refractivity contribution in [2.75, 3.05) is 11.5 Å². The molecule has 0 bridgehead atoms. The standard InChI is InChI=1S/C16H20N2S2/c1-2-4-15(5-3-1)6-7-16(19-12-13-20-16)8-10-18-11-9-17-14-18/h1-5,9,11,14H,6-8,10,12-13H2. The number of hydrogen-bond donors (Lipinski definition) is 0. The second-order valence-corrected chi connectivity index (χ2v) is 8.36. The Hall–Kier alpha value is -0.870. The summed E-state index contributed by atoms with van der Waals surface area (Å²) in [6.45, 7) is 1.08. The average Bonchev–Trinajstić information content (AvgIpc) is 3.17. The zero-order valence-electron chi connectivity index (χ0n) is 11.6. The summed E-state index contributed by atoms with van der Waals surface area (Å²) in [7, 11) is 0. The maximum Gasteiger partial charge on any atom is 0.0945 e. The van der Waals surface area contributed by atoms with Crippen molar-refractivity contribution in [1.82, 2.24) is 9.55 Å². The zero-order chi connectivity index (χ0) is 13.7. The smallest absolute Gasteiger partial charge is 0.0945 e. The van der Waals surface area contributed by atoms with Crippen LogP contribution in [0.1, 0.15) is 18.4 Å². The fourth-order valence-corrected chi connectivity index (χ4v) is 5.82. The van der Waals surface area contributed by atoms with Crippen molar-refractivity contribution in [3.8, 4) is 0 Å². The third-order valence-corrected chi connectivity index (χ3v) is 7.41. The van der Waals surface area contributed by atoms with Crippen LogP contribution in [-0.4, -0.2) is 25.1 Å². The summed E-state index contributed by atoms with van der Waals surface area (Å²) < 4.78 is 2.60. The lowest BCUT2D eigenvalue weighted by Gasteiger charge is -2.27. The molecule has 0 unspecified atom stereocenters. The lowest BCUT2D eigenvalue weighted by molar-refractivity contribution is 0.574. The summed E-state index contributed by atoms with van der Waals surface area (Å²) in [5.74, 6) is 2.59. The Balaban J connectivity index is 1.59. The molecule has 1 fully saturated rings. The lowest BCUT2D eigenvalue weighted by Crippen LogP contribution is -2.20. The van der Waals surface area contributed by atoms with E-state index in [1.807, 2.05) is 12.5 Å². The monoisotopic (exact) mass is 304 g/mol. The van der Waals surface area contributed by atoms with Gasteiger partial charge in [-0.25, -0.2) is 4.98 Å². The van der Waals surface area contributed by atoms with Crippen LogP contribution in [-0.2, 0) is 13.0 Å². The van der Waals surface area contributed by atoms with Crippen molar-refractivity contribution < 1.29 is 0 Å². The summed E-state index contributed by atoms with van der Waals surface area (Å²) >= 11 is 4.32. The quantitative estimate of drug-likeness (QED) is 0.801. The molecule has 0 amide bonds. The number of benzene rings is 1. The molecule has 2 heterocycles. The first-order valence-corrected chi connectivity index (χ1v) is 9.11. The normalized spacial score (nSPS) is 17.4. The highest BCUT2D eigenvalue weighted by Crippen LogP contribution is 2.49. The number of imidazole rings is 1. The first-order valence-electron chi connectivity index (χ1n) is 7.14. The lowest BCUT2D eigenvalue weighted by atomic mass is 10.1. The second kappa shape index (κ2) is 6.72. The minimum Gasteiger partial charge on any atom is -0.337 e. The van der Waals surface area contributed by atoms with Crippen LogP contribution in [0.3, 0.4) is 0 Å². The van der Waals surface area contributed by atoms with Crippen molar-refractivity contribution >= 4 is 23.5 Å². The Morgan fingerprint density at radius 2 is 1.90 bits per heavy atom. The topological polar surface area (TPSA) is 17.8 Å². The molecule has 1 aromatic carbocycles. The van der Waals surface area contributed by atoms with Gasteiger partial charge < -0.3 is 4.57 Å². The van der Waals surface area contributed by atoms with Crippen LogP contribution in [0, 0.1) is 0 Å². The molecular formula is C16H20N2S2. The van der Waals surface area contributed by atoms with E-state index in [4.69, 9.17) is 0 Å². The maximum atomic E-state index is 4.13. The molecule has 0 saturated carbocycles. The summed E-state index contributed by atoms with van der Waals surface area (Å²) in [5.41, 5.74) is 1.46. The van der Waals surface area contributed by atoms with Gasteiger partial charge in [0.05, 0.1) is 10.4 Å². The molecule has 1 aliphatic heterocycles. The zero-order valence-corrected chi connectivity index (χ0v) is 13.2. The molecule has 2 nitrogen and oxygen atoms in total. The SMILES string of the molecule is c1ccc(CCC2(CCn3ccnc3)SCCS2)cc1. The summed E-state index contributed by atoms with van der Waals surface area (Å²) in [4.78, 5) is 4.13. The van der Waals surface area contributed by atoms with Crippen LogP contribution in [0.5, 0.6) is 0 Å². The Morgan fingerprint density at radius 3 is 2.60 bits per heavy atom. The van der Waals surface area contributed by atoms with Crippen molar-refractivity contribution in [1.29, 1.82) is 0 Å². The molecule has 0 atom stereocenters. The molecule has 0 N–H and O–H groups in total. The van der Waals surface area contributed by atoms with Gasteiger partial charge in [0.1, 0.15) is 0 Å². The predicted molar refractivity (Wildman–Crippen MR) is 89.3 cm³/mol. The second-order valence-electron chi connectivity index (χ2n) is 5.14. The van der Waals surface area contributed by atoms with E-state index in [-0.39, 0.29) is 0 Å². The van der Waals surface area contributed by atoms with E-state index in [0.717, 1.165) is 6.54 Å². The van der Waals surface area contributed by atoms with Gasteiger partial charge in [0.2, 0.25) is 0 Å². The van der Waals surface area contributed by atoms with Gasteiger partial charge in [-0.15, -0.1) is 23.5 Å². The van der Waals surface area contributed by atoms with E-state index < -0.39 is 0 Å². The van der Waals surface area contributed by atoms with Crippen molar-refractivity contribution in [2.24, 2.45) is 0 Å². The fourth-order valence-electron chi connectivity index (χ4n) is 2.61. The van der Waals surface area contributed by atoms with Crippen LogP contribution in [0.2, 0.25) is 0 Å². The molecule has 1 saturated heterocycles. The Morgan fingerprint density at radius 1 is 1.10 bits per heavy atom. The number of aryl methyl sites for hydroxylation is 2. The van der Waals surface area contributed by atoms with E-state index in [0.29, 0.717) is 4.08 Å². The molecule has 0 spiro atoms. The Kier molecular flexibility index (Phi) is 4.73. The van der Waals surface area contributed by atoms with E-state index in [1.54, 1.807) is 0 Å². The van der Waals surface area contributed by atoms with Gasteiger partial charge in [-0.1, -0.05) is 30.3 Å². The van der Waals surface area contributed by atoms with E-state index in [1.165, 1.54) is 36.3 Å². The highest BCUT2D eigenvalue weighted by molar-refractivity contribution is 8.21. The maximum absolute atomic E-state index is 4.13. The number of rotatable bonds is 6. The van der Waals surface area contributed by atoms with E-state index >= 15 is 0 Å². The van der Waals surface area contributed by atoms with Gasteiger partial charge in [0, 0.05) is 30.4 Å². The van der Waals surface area contributed by atoms with Crippen molar-refractivity contribution in [3.63, 3.8) is 0 Å². The highest BCUT2D eigenvalue weighted by atomic mass is 32.2. The number of hydrogen-bond acceptors (Lipinski definition) is 3. The summed E-state index contributed by atoms with van der Waals surface area (Å²) in [5, 5.41) is 0. The minimum atomic E-state index is 0.403. The van der Waals surface area contributed by atoms with Gasteiger partial charge in [-0.05, 0) is 24.8 Å². The molecule has 4 heteroatoms. The third-order valence-electron chi connectivity index (χ3n) is 3.76. The van der Waals surface area contributed by atoms with Gasteiger partial charge in [0.15, 0.2) is 0 Å². The summed E-state index contributed by atoms with van der Waals surface area (Å²) in [6.07, 6.45) is 9.53. The van der Waals surface area contributed by atoms with E-state index in [2.05, 4.69) is 69.6 Å². The molecule has 0 aliphatic carbocycles. The third kappa shape index (κ3) is 3.61. The van der Waals surface area contributed by atoms with Crippen LogP contribution in [0.15, 0.2) is 49.1 Å². The Labute approximate surface area is 129 Å². The molecule has 3 rings (SSSR count). The van der Waals surface area contributed by atoms with Crippen LogP contribution < -0.4 is 0 Å². The van der Waals surface area contributed by atoms with Gasteiger partial charge in [-0.2, -0.15) is 0 Å². The first-order chi connectivity index (χ1) is 9.86. The van der Waals surface area contributed by atoms with E-state index in [9.17, 15) is 0 Å². The minimum absolute atomic E-state index is 0.403. The largest absolute Gasteiger partial charge is 0.337 e. The van der Waals surface area contributed by atoms with Crippen LogP contribution in [0.25, 0.3) is 0 Å².